The first kappa shape index (κ1) is 16.0. The van der Waals surface area contributed by atoms with Crippen LogP contribution < -0.4 is 4.74 Å². The topological polar surface area (TPSA) is 53.5 Å². The first-order chi connectivity index (χ1) is 12.4. The number of aromatic nitrogens is 2. The van der Waals surface area contributed by atoms with Gasteiger partial charge in [-0.3, -0.25) is 0 Å². The van der Waals surface area contributed by atoms with E-state index in [0.29, 0.717) is 6.61 Å². The summed E-state index contributed by atoms with van der Waals surface area (Å²) in [7, 11) is 0. The third-order valence-corrected chi connectivity index (χ3v) is 4.25. The number of hydrogen-bond acceptors (Lipinski definition) is 5. The van der Waals surface area contributed by atoms with E-state index >= 15 is 0 Å². The summed E-state index contributed by atoms with van der Waals surface area (Å²) in [6.45, 7) is 2.08. The molecule has 128 valence electrons. The second kappa shape index (κ2) is 7.59. The van der Waals surface area contributed by atoms with Crippen LogP contribution in [-0.2, 0) is 9.47 Å². The van der Waals surface area contributed by atoms with Crippen molar-refractivity contribution in [1.29, 1.82) is 0 Å². The first-order valence-corrected chi connectivity index (χ1v) is 8.56. The minimum atomic E-state index is -0.155. The fourth-order valence-electron chi connectivity index (χ4n) is 3.03. The lowest BCUT2D eigenvalue weighted by Gasteiger charge is -2.23. The molecular weight excluding hydrogens is 316 g/mol. The van der Waals surface area contributed by atoms with Gasteiger partial charge in [-0.05, 0) is 41.0 Å². The third-order valence-electron chi connectivity index (χ3n) is 4.25. The van der Waals surface area contributed by atoms with Crippen molar-refractivity contribution in [2.24, 2.45) is 0 Å². The Labute approximate surface area is 146 Å². The zero-order valence-corrected chi connectivity index (χ0v) is 13.9. The summed E-state index contributed by atoms with van der Waals surface area (Å²) < 4.78 is 17.1. The number of fused-ring (bicyclic) bond motifs is 1. The Hall–Kier alpha value is -2.50. The largest absolute Gasteiger partial charge is 0.493 e. The van der Waals surface area contributed by atoms with E-state index in [2.05, 4.69) is 34.5 Å². The molecule has 1 fully saturated rings. The molecule has 0 atom stereocenters. The van der Waals surface area contributed by atoms with E-state index in [9.17, 15) is 0 Å². The number of rotatable bonds is 5. The van der Waals surface area contributed by atoms with Gasteiger partial charge in [-0.15, -0.1) is 0 Å². The summed E-state index contributed by atoms with van der Waals surface area (Å²) in [5.74, 6) is 0.835. The maximum atomic E-state index is 5.98. The monoisotopic (exact) mass is 336 g/mol. The molecule has 0 unspecified atom stereocenters. The molecule has 1 aromatic heterocycles. The van der Waals surface area contributed by atoms with E-state index in [1.54, 1.807) is 12.4 Å². The van der Waals surface area contributed by atoms with Crippen molar-refractivity contribution in [3.8, 4) is 16.9 Å². The highest BCUT2D eigenvalue weighted by molar-refractivity contribution is 5.97. The predicted molar refractivity (Wildman–Crippen MR) is 95.4 cm³/mol. The van der Waals surface area contributed by atoms with Gasteiger partial charge in [-0.2, -0.15) is 10.2 Å². The van der Waals surface area contributed by atoms with E-state index in [0.717, 1.165) is 48.3 Å². The van der Waals surface area contributed by atoms with Crippen LogP contribution in [0, 0.1) is 0 Å². The van der Waals surface area contributed by atoms with E-state index in [-0.39, 0.29) is 6.29 Å². The van der Waals surface area contributed by atoms with Gasteiger partial charge in [-0.1, -0.05) is 24.3 Å². The van der Waals surface area contributed by atoms with Gasteiger partial charge in [0.25, 0.3) is 0 Å². The van der Waals surface area contributed by atoms with Gasteiger partial charge in [0.05, 0.1) is 32.2 Å². The van der Waals surface area contributed by atoms with Gasteiger partial charge in [0.15, 0.2) is 6.29 Å². The number of nitrogens with zero attached hydrogens (tertiary/aromatic N) is 2. The van der Waals surface area contributed by atoms with Crippen molar-refractivity contribution in [3.63, 3.8) is 0 Å². The van der Waals surface area contributed by atoms with Gasteiger partial charge in [0.1, 0.15) is 5.75 Å². The van der Waals surface area contributed by atoms with E-state index in [4.69, 9.17) is 14.2 Å². The lowest BCUT2D eigenvalue weighted by molar-refractivity contribution is -0.183. The quantitative estimate of drug-likeness (QED) is 0.709. The molecule has 1 aliphatic heterocycles. The second-order valence-corrected chi connectivity index (χ2v) is 5.98. The molecule has 0 N–H and O–H groups in total. The maximum Gasteiger partial charge on any atom is 0.160 e. The predicted octanol–water partition coefficient (Wildman–Crippen LogP) is 3.83. The molecule has 5 heteroatoms. The highest BCUT2D eigenvalue weighted by atomic mass is 16.7. The fraction of sp³-hybridized carbons (Fsp3) is 0.300. The highest BCUT2D eigenvalue weighted by Gasteiger charge is 2.14. The van der Waals surface area contributed by atoms with E-state index in [1.165, 1.54) is 5.39 Å². The van der Waals surface area contributed by atoms with Crippen LogP contribution in [0.3, 0.4) is 0 Å². The summed E-state index contributed by atoms with van der Waals surface area (Å²) in [6, 6.07) is 14.4. The van der Waals surface area contributed by atoms with Crippen LogP contribution in [-0.4, -0.2) is 36.3 Å². The molecule has 0 saturated carbocycles. The molecule has 3 aromatic rings. The summed E-state index contributed by atoms with van der Waals surface area (Å²) in [5.41, 5.74) is 2.11. The Morgan fingerprint density at radius 3 is 2.76 bits per heavy atom. The van der Waals surface area contributed by atoms with Gasteiger partial charge in [-0.25, -0.2) is 0 Å². The van der Waals surface area contributed by atoms with Crippen molar-refractivity contribution in [2.45, 2.75) is 19.1 Å². The Kier molecular flexibility index (Phi) is 4.86. The van der Waals surface area contributed by atoms with Gasteiger partial charge < -0.3 is 14.2 Å². The molecule has 25 heavy (non-hydrogen) atoms. The molecule has 2 aromatic carbocycles. The molecule has 5 nitrogen and oxygen atoms in total. The normalized spacial score (nSPS) is 15.4. The summed E-state index contributed by atoms with van der Waals surface area (Å²) in [5, 5.41) is 10.2. The Balaban J connectivity index is 1.57. The Morgan fingerprint density at radius 1 is 1.04 bits per heavy atom. The minimum Gasteiger partial charge on any atom is -0.493 e. The number of benzene rings is 2. The van der Waals surface area contributed by atoms with Crippen LogP contribution in [0.5, 0.6) is 5.75 Å². The highest BCUT2D eigenvalue weighted by Crippen LogP contribution is 2.32. The van der Waals surface area contributed by atoms with Crippen LogP contribution in [0.1, 0.15) is 12.8 Å². The van der Waals surface area contributed by atoms with E-state index in [1.807, 2.05) is 18.2 Å². The second-order valence-electron chi connectivity index (χ2n) is 5.98. The van der Waals surface area contributed by atoms with Crippen LogP contribution >= 0.6 is 0 Å². The van der Waals surface area contributed by atoms with Gasteiger partial charge in [0, 0.05) is 12.0 Å². The van der Waals surface area contributed by atoms with Crippen molar-refractivity contribution < 1.29 is 14.2 Å². The third kappa shape index (κ3) is 3.78. The van der Waals surface area contributed by atoms with Crippen LogP contribution in [0.2, 0.25) is 0 Å². The van der Waals surface area contributed by atoms with Crippen LogP contribution in [0.4, 0.5) is 0 Å². The summed E-state index contributed by atoms with van der Waals surface area (Å²) in [4.78, 5) is 0. The van der Waals surface area contributed by atoms with Crippen molar-refractivity contribution >= 4 is 10.8 Å². The fourth-order valence-corrected chi connectivity index (χ4v) is 3.03. The molecule has 0 amide bonds. The summed E-state index contributed by atoms with van der Waals surface area (Å²) >= 11 is 0. The zero-order chi connectivity index (χ0) is 16.9. The standard InChI is InChI=1S/C20H20N2O3/c1-2-5-18-15(4-1)12-17(13-19(18)16-6-8-21-22-14-16)23-11-7-20-24-9-3-10-25-20/h1-2,4-6,8,12-14,20H,3,7,9-11H2. The van der Waals surface area contributed by atoms with Crippen molar-refractivity contribution in [1.82, 2.24) is 10.2 Å². The van der Waals surface area contributed by atoms with E-state index < -0.39 is 0 Å². The minimum absolute atomic E-state index is 0.155. The summed E-state index contributed by atoms with van der Waals surface area (Å²) in [6.07, 6.45) is 5.01. The molecule has 4 rings (SSSR count). The molecule has 0 aliphatic carbocycles. The average Bonchev–Trinajstić information content (AvgIpc) is 2.69. The molecule has 0 spiro atoms. The lowest BCUT2D eigenvalue weighted by atomic mass is 9.99. The van der Waals surface area contributed by atoms with Crippen LogP contribution in [0.25, 0.3) is 21.9 Å². The lowest BCUT2D eigenvalue weighted by Crippen LogP contribution is -2.26. The zero-order valence-electron chi connectivity index (χ0n) is 13.9. The van der Waals surface area contributed by atoms with Gasteiger partial charge in [0.2, 0.25) is 0 Å². The molecule has 0 radical (unpaired) electrons. The maximum absolute atomic E-state index is 5.98. The Morgan fingerprint density at radius 2 is 1.92 bits per heavy atom. The molecular formula is C20H20N2O3. The van der Waals surface area contributed by atoms with Crippen molar-refractivity contribution in [2.75, 3.05) is 19.8 Å². The SMILES string of the molecule is c1ccc2c(-c3ccnnc3)cc(OCCC3OCCCO3)cc2c1. The smallest absolute Gasteiger partial charge is 0.160 e. The van der Waals surface area contributed by atoms with Gasteiger partial charge >= 0.3 is 0 Å². The van der Waals surface area contributed by atoms with Crippen LogP contribution in [0.15, 0.2) is 54.9 Å². The number of ether oxygens (including phenoxy) is 3. The van der Waals surface area contributed by atoms with Crippen molar-refractivity contribution in [3.05, 3.63) is 54.9 Å². The molecule has 2 heterocycles. The Bertz CT molecular complexity index is 833. The average molecular weight is 336 g/mol. The number of hydrogen-bond donors (Lipinski definition) is 0. The molecule has 1 saturated heterocycles. The first-order valence-electron chi connectivity index (χ1n) is 8.56. The molecule has 1 aliphatic rings. The molecule has 0 bridgehead atoms.